The number of pyridine rings is 1. The molecule has 64 valence electrons. The van der Waals surface area contributed by atoms with Crippen LogP contribution in [-0.2, 0) is 0 Å². The summed E-state index contributed by atoms with van der Waals surface area (Å²) in [6.07, 6.45) is 3.35. The van der Waals surface area contributed by atoms with Crippen molar-refractivity contribution in [2.45, 2.75) is 0 Å². The third kappa shape index (κ3) is 1.39. The molecule has 3 nitrogen and oxygen atoms in total. The Kier molecular flexibility index (Phi) is 2.69. The summed E-state index contributed by atoms with van der Waals surface area (Å²) in [6, 6.07) is 1.81. The highest BCUT2D eigenvalue weighted by Gasteiger charge is 2.07. The molecule has 0 spiro atoms. The van der Waals surface area contributed by atoms with Gasteiger partial charge < -0.3 is 9.47 Å². The van der Waals surface area contributed by atoms with Crippen molar-refractivity contribution in [1.82, 2.24) is 4.98 Å². The molecule has 0 aromatic carbocycles. The van der Waals surface area contributed by atoms with Crippen molar-refractivity contribution in [1.29, 1.82) is 0 Å². The minimum absolute atomic E-state index is 0.481. The van der Waals surface area contributed by atoms with Crippen molar-refractivity contribution >= 4 is 6.08 Å². The topological polar surface area (TPSA) is 31.4 Å². The molecule has 1 heterocycles. The van der Waals surface area contributed by atoms with E-state index in [1.807, 2.05) is 6.07 Å². The summed E-state index contributed by atoms with van der Waals surface area (Å²) in [5.41, 5.74) is 0.879. The van der Waals surface area contributed by atoms with Gasteiger partial charge in [-0.25, -0.2) is 4.98 Å². The van der Waals surface area contributed by atoms with Gasteiger partial charge in [-0.3, -0.25) is 0 Å². The molecule has 1 aromatic heterocycles. The normalized spacial score (nSPS) is 9.17. The third-order valence-corrected chi connectivity index (χ3v) is 1.52. The summed E-state index contributed by atoms with van der Waals surface area (Å²) in [5.74, 6) is 1.10. The Morgan fingerprint density at radius 2 is 2.17 bits per heavy atom. The summed E-state index contributed by atoms with van der Waals surface area (Å²) in [4.78, 5) is 3.98. The molecular weight excluding hydrogens is 154 g/mol. The Morgan fingerprint density at radius 3 is 2.67 bits per heavy atom. The second-order valence-electron chi connectivity index (χ2n) is 2.15. The number of aromatic nitrogens is 1. The van der Waals surface area contributed by atoms with Crippen molar-refractivity contribution in [2.75, 3.05) is 14.2 Å². The summed E-state index contributed by atoms with van der Waals surface area (Å²) >= 11 is 0. The number of rotatable bonds is 3. The van der Waals surface area contributed by atoms with Gasteiger partial charge in [0.25, 0.3) is 5.88 Å². The van der Waals surface area contributed by atoms with Gasteiger partial charge in [0.15, 0.2) is 5.75 Å². The van der Waals surface area contributed by atoms with E-state index < -0.39 is 0 Å². The van der Waals surface area contributed by atoms with E-state index in [0.717, 1.165) is 5.56 Å². The van der Waals surface area contributed by atoms with Crippen LogP contribution < -0.4 is 9.47 Å². The number of methoxy groups -OCH3 is 2. The van der Waals surface area contributed by atoms with Crippen LogP contribution in [0.5, 0.6) is 11.6 Å². The van der Waals surface area contributed by atoms with E-state index in [1.165, 1.54) is 0 Å². The first-order chi connectivity index (χ1) is 5.83. The molecule has 0 aliphatic carbocycles. The molecule has 1 rings (SSSR count). The number of hydrogen-bond acceptors (Lipinski definition) is 3. The molecule has 0 unspecified atom stereocenters. The first-order valence-corrected chi connectivity index (χ1v) is 3.53. The molecule has 0 bridgehead atoms. The lowest BCUT2D eigenvalue weighted by atomic mass is 10.2. The molecule has 3 heteroatoms. The lowest BCUT2D eigenvalue weighted by Crippen LogP contribution is -1.94. The van der Waals surface area contributed by atoms with Crippen molar-refractivity contribution in [2.24, 2.45) is 0 Å². The fourth-order valence-corrected chi connectivity index (χ4v) is 0.954. The van der Waals surface area contributed by atoms with Crippen LogP contribution in [0.1, 0.15) is 5.56 Å². The lowest BCUT2D eigenvalue weighted by Gasteiger charge is -2.07. The first-order valence-electron chi connectivity index (χ1n) is 3.53. The second kappa shape index (κ2) is 3.76. The lowest BCUT2D eigenvalue weighted by molar-refractivity contribution is 0.342. The van der Waals surface area contributed by atoms with Gasteiger partial charge >= 0.3 is 0 Å². The zero-order valence-electron chi connectivity index (χ0n) is 7.20. The molecule has 0 atom stereocenters. The largest absolute Gasteiger partial charge is 0.491 e. The average molecular weight is 165 g/mol. The molecule has 0 amide bonds. The molecule has 1 aromatic rings. The van der Waals surface area contributed by atoms with Gasteiger partial charge in [0.1, 0.15) is 0 Å². The zero-order valence-corrected chi connectivity index (χ0v) is 7.20. The van der Waals surface area contributed by atoms with Crippen LogP contribution in [0, 0.1) is 0 Å². The van der Waals surface area contributed by atoms with Crippen molar-refractivity contribution in [3.63, 3.8) is 0 Å². The average Bonchev–Trinajstić information content (AvgIpc) is 2.16. The van der Waals surface area contributed by atoms with Gasteiger partial charge in [0.05, 0.1) is 14.2 Å². The Hall–Kier alpha value is -1.51. The highest BCUT2D eigenvalue weighted by Crippen LogP contribution is 2.28. The van der Waals surface area contributed by atoms with Crippen LogP contribution >= 0.6 is 0 Å². The van der Waals surface area contributed by atoms with Gasteiger partial charge in [-0.15, -0.1) is 0 Å². The highest BCUT2D eigenvalue weighted by molar-refractivity contribution is 5.58. The fourth-order valence-electron chi connectivity index (χ4n) is 0.954. The predicted molar refractivity (Wildman–Crippen MR) is 47.4 cm³/mol. The SMILES string of the molecule is C=Cc1ccnc(OC)c1OC. The maximum absolute atomic E-state index is 5.10. The summed E-state index contributed by atoms with van der Waals surface area (Å²) in [6.45, 7) is 3.65. The van der Waals surface area contributed by atoms with Gasteiger partial charge in [-0.1, -0.05) is 12.7 Å². The van der Waals surface area contributed by atoms with Gasteiger partial charge in [0.2, 0.25) is 0 Å². The van der Waals surface area contributed by atoms with E-state index in [-0.39, 0.29) is 0 Å². The van der Waals surface area contributed by atoms with E-state index in [2.05, 4.69) is 11.6 Å². The van der Waals surface area contributed by atoms with Crippen molar-refractivity contribution < 1.29 is 9.47 Å². The molecule has 0 saturated carbocycles. The van der Waals surface area contributed by atoms with Gasteiger partial charge in [-0.05, 0) is 6.07 Å². The Labute approximate surface area is 71.6 Å². The molecule has 12 heavy (non-hydrogen) atoms. The predicted octanol–water partition coefficient (Wildman–Crippen LogP) is 1.74. The van der Waals surface area contributed by atoms with Gasteiger partial charge in [0, 0.05) is 11.8 Å². The standard InChI is InChI=1S/C9H11NO2/c1-4-7-5-6-10-9(12-3)8(7)11-2/h4-6H,1H2,2-3H3. The Balaban J connectivity index is 3.21. The molecule has 0 fully saturated rings. The summed E-state index contributed by atoms with van der Waals surface area (Å²) in [5, 5.41) is 0. The number of nitrogens with zero attached hydrogens (tertiary/aromatic N) is 1. The molecular formula is C9H11NO2. The third-order valence-electron chi connectivity index (χ3n) is 1.52. The fraction of sp³-hybridized carbons (Fsp3) is 0.222. The molecule has 0 aliphatic heterocycles. The van der Waals surface area contributed by atoms with Crippen LogP contribution in [0.25, 0.3) is 6.08 Å². The van der Waals surface area contributed by atoms with Crippen LogP contribution in [0.3, 0.4) is 0 Å². The van der Waals surface area contributed by atoms with Crippen molar-refractivity contribution in [3.05, 3.63) is 24.4 Å². The first kappa shape index (κ1) is 8.59. The van der Waals surface area contributed by atoms with Gasteiger partial charge in [-0.2, -0.15) is 0 Å². The Morgan fingerprint density at radius 1 is 1.42 bits per heavy atom. The van der Waals surface area contributed by atoms with E-state index in [9.17, 15) is 0 Å². The summed E-state index contributed by atoms with van der Waals surface area (Å²) < 4.78 is 10.1. The van der Waals surface area contributed by atoms with E-state index in [0.29, 0.717) is 11.6 Å². The van der Waals surface area contributed by atoms with E-state index >= 15 is 0 Å². The number of ether oxygens (including phenoxy) is 2. The van der Waals surface area contributed by atoms with Crippen LogP contribution in [0.15, 0.2) is 18.8 Å². The molecule has 0 aliphatic rings. The molecule has 0 radical (unpaired) electrons. The van der Waals surface area contributed by atoms with Crippen molar-refractivity contribution in [3.8, 4) is 11.6 Å². The smallest absolute Gasteiger partial charge is 0.257 e. The highest BCUT2D eigenvalue weighted by atomic mass is 16.5. The van der Waals surface area contributed by atoms with E-state index in [1.54, 1.807) is 26.5 Å². The second-order valence-corrected chi connectivity index (χ2v) is 2.15. The Bertz CT molecular complexity index is 284. The quantitative estimate of drug-likeness (QED) is 0.683. The molecule has 0 N–H and O–H groups in total. The zero-order chi connectivity index (χ0) is 8.97. The maximum Gasteiger partial charge on any atom is 0.257 e. The van der Waals surface area contributed by atoms with E-state index in [4.69, 9.17) is 9.47 Å². The minimum atomic E-state index is 0.481. The number of hydrogen-bond donors (Lipinski definition) is 0. The minimum Gasteiger partial charge on any atom is -0.491 e. The van der Waals surface area contributed by atoms with Crippen LogP contribution in [0.4, 0.5) is 0 Å². The summed E-state index contributed by atoms with van der Waals surface area (Å²) in [7, 11) is 3.13. The van der Waals surface area contributed by atoms with Crippen LogP contribution in [0.2, 0.25) is 0 Å². The molecule has 0 saturated heterocycles. The maximum atomic E-state index is 5.10. The monoisotopic (exact) mass is 165 g/mol. The van der Waals surface area contributed by atoms with Crippen LogP contribution in [-0.4, -0.2) is 19.2 Å².